The number of morpholine rings is 1. The summed E-state index contributed by atoms with van der Waals surface area (Å²) in [5.74, 6) is -0.0316. The Labute approximate surface area is 202 Å². The van der Waals surface area contributed by atoms with Gasteiger partial charge in [-0.2, -0.15) is 0 Å². The lowest BCUT2D eigenvalue weighted by Crippen LogP contribution is -2.35. The molecular weight excluding hydrogens is 422 g/mol. The van der Waals surface area contributed by atoms with Crippen LogP contribution in [0.15, 0.2) is 72.8 Å². The first kappa shape index (κ1) is 22.8. The van der Waals surface area contributed by atoms with E-state index in [0.29, 0.717) is 12.1 Å². The Kier molecular flexibility index (Phi) is 7.34. The molecule has 0 radical (unpaired) electrons. The van der Waals surface area contributed by atoms with Gasteiger partial charge in [-0.3, -0.25) is 14.6 Å². The van der Waals surface area contributed by atoms with Gasteiger partial charge in [0.2, 0.25) is 0 Å². The molecule has 0 atom stereocenters. The van der Waals surface area contributed by atoms with Gasteiger partial charge in [-0.05, 0) is 46.4 Å². The second kappa shape index (κ2) is 11.0. The number of nitrogens with zero attached hydrogens (tertiary/aromatic N) is 2. The van der Waals surface area contributed by atoms with E-state index >= 15 is 0 Å². The molecule has 2 aliphatic heterocycles. The van der Waals surface area contributed by atoms with Gasteiger partial charge in [-0.1, -0.05) is 60.7 Å². The quantitative estimate of drug-likeness (QED) is 0.585. The minimum Gasteiger partial charge on any atom is -0.379 e. The Hall–Kier alpha value is -2.99. The highest BCUT2D eigenvalue weighted by atomic mass is 16.5. The molecule has 0 spiro atoms. The van der Waals surface area contributed by atoms with Crippen LogP contribution in [0.25, 0.3) is 0 Å². The van der Waals surface area contributed by atoms with Gasteiger partial charge in [-0.25, -0.2) is 0 Å². The second-order valence-electron chi connectivity index (χ2n) is 9.31. The maximum atomic E-state index is 12.6. The normalized spacial score (nSPS) is 16.7. The van der Waals surface area contributed by atoms with E-state index in [1.807, 2.05) is 12.1 Å². The number of hydrogen-bond donors (Lipinski definition) is 1. The van der Waals surface area contributed by atoms with Crippen LogP contribution in [0, 0.1) is 0 Å². The van der Waals surface area contributed by atoms with Crippen LogP contribution in [-0.4, -0.2) is 48.6 Å². The van der Waals surface area contributed by atoms with Crippen LogP contribution in [0.2, 0.25) is 0 Å². The van der Waals surface area contributed by atoms with Crippen molar-refractivity contribution in [2.45, 2.75) is 32.6 Å². The molecule has 3 aromatic carbocycles. The lowest BCUT2D eigenvalue weighted by molar-refractivity contribution is 0.0342. The van der Waals surface area contributed by atoms with Crippen molar-refractivity contribution in [3.8, 4) is 0 Å². The van der Waals surface area contributed by atoms with Gasteiger partial charge in [0, 0.05) is 51.4 Å². The summed E-state index contributed by atoms with van der Waals surface area (Å²) < 4.78 is 5.42. The summed E-state index contributed by atoms with van der Waals surface area (Å²) in [6.07, 6.45) is 1.10. The highest BCUT2D eigenvalue weighted by Crippen LogP contribution is 2.20. The molecule has 176 valence electrons. The zero-order valence-electron chi connectivity index (χ0n) is 19.7. The summed E-state index contributed by atoms with van der Waals surface area (Å²) in [5.41, 5.74) is 7.26. The average Bonchev–Trinajstić information content (AvgIpc) is 2.89. The molecule has 0 aromatic heterocycles. The average molecular weight is 456 g/mol. The maximum Gasteiger partial charge on any atom is 0.251 e. The minimum atomic E-state index is -0.0316. The zero-order valence-corrected chi connectivity index (χ0v) is 19.7. The van der Waals surface area contributed by atoms with Gasteiger partial charge in [0.15, 0.2) is 0 Å². The number of nitrogens with one attached hydrogen (secondary N) is 1. The van der Waals surface area contributed by atoms with Crippen molar-refractivity contribution in [2.24, 2.45) is 0 Å². The first-order chi connectivity index (χ1) is 16.7. The molecule has 0 bridgehead atoms. The summed E-state index contributed by atoms with van der Waals surface area (Å²) >= 11 is 0. The molecule has 3 aromatic rings. The molecule has 5 nitrogen and oxygen atoms in total. The van der Waals surface area contributed by atoms with Gasteiger partial charge in [0.1, 0.15) is 0 Å². The molecule has 0 aliphatic carbocycles. The summed E-state index contributed by atoms with van der Waals surface area (Å²) in [4.78, 5) is 17.5. The van der Waals surface area contributed by atoms with Crippen molar-refractivity contribution in [1.29, 1.82) is 0 Å². The van der Waals surface area contributed by atoms with Crippen LogP contribution in [0.4, 0.5) is 0 Å². The van der Waals surface area contributed by atoms with Gasteiger partial charge < -0.3 is 10.1 Å². The zero-order chi connectivity index (χ0) is 23.2. The number of ether oxygens (including phenoxy) is 1. The van der Waals surface area contributed by atoms with Crippen molar-refractivity contribution in [1.82, 2.24) is 15.1 Å². The fraction of sp³-hybridized carbons (Fsp3) is 0.345. The molecule has 2 aliphatic rings. The first-order valence-corrected chi connectivity index (χ1v) is 12.3. The fourth-order valence-corrected chi connectivity index (χ4v) is 4.77. The first-order valence-electron chi connectivity index (χ1n) is 12.3. The van der Waals surface area contributed by atoms with E-state index in [4.69, 9.17) is 4.74 Å². The Balaban J connectivity index is 1.09. The standard InChI is InChI=1S/C29H33N3O2/c33-29(30-19-23-5-7-24(8-6-23)20-31-15-17-34-18-16-31)27-11-9-25(10-12-27)21-32-14-13-26-3-1-2-4-28(26)22-32/h1-12H,13-22H2,(H,30,33). The SMILES string of the molecule is O=C(NCc1ccc(CN2CCOCC2)cc1)c1ccc(CN2CCc3ccccc3C2)cc1. The molecule has 1 saturated heterocycles. The third-order valence-corrected chi connectivity index (χ3v) is 6.82. The Morgan fingerprint density at radius 3 is 2.09 bits per heavy atom. The van der Waals surface area contributed by atoms with Gasteiger partial charge in [0.05, 0.1) is 13.2 Å². The summed E-state index contributed by atoms with van der Waals surface area (Å²) in [6.45, 7) is 8.07. The summed E-state index contributed by atoms with van der Waals surface area (Å²) in [6, 6.07) is 25.3. The number of carbonyl (C=O) groups is 1. The number of carbonyl (C=O) groups excluding carboxylic acids is 1. The minimum absolute atomic E-state index is 0.0316. The summed E-state index contributed by atoms with van der Waals surface area (Å²) in [7, 11) is 0. The number of benzene rings is 3. The van der Waals surface area contributed by atoms with Crippen LogP contribution in [0.1, 0.15) is 38.2 Å². The molecule has 0 saturated carbocycles. The van der Waals surface area contributed by atoms with Gasteiger partial charge in [-0.15, -0.1) is 0 Å². The van der Waals surface area contributed by atoms with Crippen LogP contribution in [-0.2, 0) is 37.3 Å². The lowest BCUT2D eigenvalue weighted by Gasteiger charge is -2.28. The van der Waals surface area contributed by atoms with E-state index < -0.39 is 0 Å². The van der Waals surface area contributed by atoms with E-state index in [1.165, 1.54) is 22.3 Å². The van der Waals surface area contributed by atoms with Crippen molar-refractivity contribution < 1.29 is 9.53 Å². The molecule has 34 heavy (non-hydrogen) atoms. The molecule has 0 unspecified atom stereocenters. The van der Waals surface area contributed by atoms with Crippen LogP contribution < -0.4 is 5.32 Å². The predicted molar refractivity (Wildman–Crippen MR) is 134 cm³/mol. The molecule has 1 amide bonds. The Morgan fingerprint density at radius 1 is 0.735 bits per heavy atom. The van der Waals surface area contributed by atoms with Gasteiger partial charge >= 0.3 is 0 Å². The molecule has 5 heteroatoms. The fourth-order valence-electron chi connectivity index (χ4n) is 4.77. The van der Waals surface area contributed by atoms with Crippen molar-refractivity contribution in [3.05, 3.63) is 106 Å². The number of amides is 1. The Bertz CT molecular complexity index is 1090. The number of fused-ring (bicyclic) bond motifs is 1. The van der Waals surface area contributed by atoms with E-state index in [0.717, 1.165) is 64.5 Å². The molecule has 2 heterocycles. The molecule has 5 rings (SSSR count). The summed E-state index contributed by atoms with van der Waals surface area (Å²) in [5, 5.41) is 3.05. The predicted octanol–water partition coefficient (Wildman–Crippen LogP) is 4.01. The third kappa shape index (κ3) is 5.92. The molecule has 1 N–H and O–H groups in total. The van der Waals surface area contributed by atoms with Crippen molar-refractivity contribution in [2.75, 3.05) is 32.8 Å². The van der Waals surface area contributed by atoms with E-state index in [2.05, 4.69) is 75.8 Å². The van der Waals surface area contributed by atoms with Gasteiger partial charge in [0.25, 0.3) is 5.91 Å². The lowest BCUT2D eigenvalue weighted by atomic mass is 9.99. The van der Waals surface area contributed by atoms with Crippen molar-refractivity contribution >= 4 is 5.91 Å². The highest BCUT2D eigenvalue weighted by Gasteiger charge is 2.16. The van der Waals surface area contributed by atoms with E-state index in [9.17, 15) is 4.79 Å². The van der Waals surface area contributed by atoms with Crippen molar-refractivity contribution in [3.63, 3.8) is 0 Å². The van der Waals surface area contributed by atoms with E-state index in [-0.39, 0.29) is 5.91 Å². The molecular formula is C29H33N3O2. The highest BCUT2D eigenvalue weighted by molar-refractivity contribution is 5.94. The van der Waals surface area contributed by atoms with Crippen LogP contribution in [0.3, 0.4) is 0 Å². The molecule has 1 fully saturated rings. The maximum absolute atomic E-state index is 12.6. The van der Waals surface area contributed by atoms with E-state index in [1.54, 1.807) is 0 Å². The second-order valence-corrected chi connectivity index (χ2v) is 9.31. The topological polar surface area (TPSA) is 44.8 Å². The van der Waals surface area contributed by atoms with Crippen LogP contribution >= 0.6 is 0 Å². The monoisotopic (exact) mass is 455 g/mol. The number of hydrogen-bond acceptors (Lipinski definition) is 4. The number of rotatable bonds is 7. The Morgan fingerprint density at radius 2 is 1.35 bits per heavy atom. The van der Waals surface area contributed by atoms with Crippen LogP contribution in [0.5, 0.6) is 0 Å². The smallest absolute Gasteiger partial charge is 0.251 e. The largest absolute Gasteiger partial charge is 0.379 e. The third-order valence-electron chi connectivity index (χ3n) is 6.82.